The van der Waals surface area contributed by atoms with E-state index in [4.69, 9.17) is 5.73 Å². The van der Waals surface area contributed by atoms with E-state index in [-0.39, 0.29) is 5.75 Å². The van der Waals surface area contributed by atoms with Crippen molar-refractivity contribution in [2.24, 2.45) is 5.73 Å². The molecule has 1 aromatic heterocycles. The van der Waals surface area contributed by atoms with E-state index in [0.29, 0.717) is 18.8 Å². The maximum absolute atomic E-state index is 11.5. The van der Waals surface area contributed by atoms with E-state index in [1.165, 1.54) is 0 Å². The molecule has 0 aromatic carbocycles. The molecule has 0 fully saturated rings. The monoisotopic (exact) mass is 243 g/mol. The molecule has 16 heavy (non-hydrogen) atoms. The number of pyridine rings is 1. The fourth-order valence-corrected chi connectivity index (χ4v) is 2.36. The highest BCUT2D eigenvalue weighted by atomic mass is 32.2. The van der Waals surface area contributed by atoms with Crippen molar-refractivity contribution < 1.29 is 8.42 Å². The van der Waals surface area contributed by atoms with Crippen LogP contribution in [-0.2, 0) is 16.6 Å². The minimum atomic E-state index is -3.26. The Labute approximate surface area is 96.1 Å². The van der Waals surface area contributed by atoms with E-state index in [2.05, 4.69) is 9.71 Å². The average Bonchev–Trinajstić information content (AvgIpc) is 2.27. The van der Waals surface area contributed by atoms with Crippen LogP contribution in [-0.4, -0.2) is 19.2 Å². The van der Waals surface area contributed by atoms with Gasteiger partial charge in [0.15, 0.2) is 0 Å². The van der Waals surface area contributed by atoms with Gasteiger partial charge in [0.05, 0.1) is 5.75 Å². The second kappa shape index (κ2) is 5.81. The summed E-state index contributed by atoms with van der Waals surface area (Å²) in [6.07, 6.45) is 3.06. The molecule has 6 heteroatoms. The summed E-state index contributed by atoms with van der Waals surface area (Å²) in [4.78, 5) is 3.97. The number of hydrogen-bond donors (Lipinski definition) is 2. The third-order valence-electron chi connectivity index (χ3n) is 2.09. The maximum Gasteiger partial charge on any atom is 0.233 e. The molecule has 1 aromatic rings. The highest BCUT2D eigenvalue weighted by Crippen LogP contribution is 2.07. The highest BCUT2D eigenvalue weighted by Gasteiger charge is 2.09. The van der Waals surface area contributed by atoms with E-state index < -0.39 is 10.0 Å². The molecule has 5 nitrogen and oxygen atoms in total. The lowest BCUT2D eigenvalue weighted by Crippen LogP contribution is -2.17. The maximum atomic E-state index is 11.5. The number of nitrogens with zero attached hydrogens (tertiary/aromatic N) is 1. The number of nitrogens with two attached hydrogens (primary N) is 1. The lowest BCUT2D eigenvalue weighted by molar-refractivity contribution is 0.597. The molecule has 3 N–H and O–H groups in total. The van der Waals surface area contributed by atoms with Gasteiger partial charge < -0.3 is 5.73 Å². The summed E-state index contributed by atoms with van der Waals surface area (Å²) in [5, 5.41) is 0. The van der Waals surface area contributed by atoms with E-state index >= 15 is 0 Å². The van der Waals surface area contributed by atoms with Crippen molar-refractivity contribution in [3.05, 3.63) is 23.9 Å². The Kier molecular flexibility index (Phi) is 4.70. The summed E-state index contributed by atoms with van der Waals surface area (Å²) in [6, 6.07) is 3.37. The first-order valence-corrected chi connectivity index (χ1v) is 6.88. The van der Waals surface area contributed by atoms with Gasteiger partial charge in [-0.3, -0.25) is 4.72 Å². The van der Waals surface area contributed by atoms with Gasteiger partial charge in [0, 0.05) is 12.7 Å². The first-order valence-electron chi connectivity index (χ1n) is 5.23. The van der Waals surface area contributed by atoms with Crippen molar-refractivity contribution in [1.29, 1.82) is 0 Å². The quantitative estimate of drug-likeness (QED) is 0.783. The summed E-state index contributed by atoms with van der Waals surface area (Å²) in [5.41, 5.74) is 6.29. The molecule has 1 rings (SSSR count). The number of rotatable bonds is 6. The Hall–Kier alpha value is -1.14. The molecule has 0 saturated carbocycles. The second-order valence-electron chi connectivity index (χ2n) is 3.53. The molecule has 0 aliphatic rings. The predicted octanol–water partition coefficient (Wildman–Crippen LogP) is 1.08. The molecule has 0 saturated heterocycles. The molecule has 1 heterocycles. The Morgan fingerprint density at radius 2 is 2.19 bits per heavy atom. The van der Waals surface area contributed by atoms with Crippen LogP contribution in [0.1, 0.15) is 25.3 Å². The van der Waals surface area contributed by atoms with Gasteiger partial charge in [-0.1, -0.05) is 19.4 Å². The van der Waals surface area contributed by atoms with E-state index in [0.717, 1.165) is 12.0 Å². The van der Waals surface area contributed by atoms with Crippen LogP contribution < -0.4 is 10.5 Å². The van der Waals surface area contributed by atoms with E-state index in [9.17, 15) is 8.42 Å². The fraction of sp³-hybridized carbons (Fsp3) is 0.500. The number of hydrogen-bond acceptors (Lipinski definition) is 4. The van der Waals surface area contributed by atoms with Gasteiger partial charge in [0.2, 0.25) is 10.0 Å². The first-order chi connectivity index (χ1) is 7.57. The van der Waals surface area contributed by atoms with Crippen LogP contribution in [0.2, 0.25) is 0 Å². The highest BCUT2D eigenvalue weighted by molar-refractivity contribution is 7.92. The van der Waals surface area contributed by atoms with E-state index in [1.54, 1.807) is 18.3 Å². The van der Waals surface area contributed by atoms with Gasteiger partial charge in [0.1, 0.15) is 5.82 Å². The average molecular weight is 243 g/mol. The van der Waals surface area contributed by atoms with Crippen molar-refractivity contribution in [3.63, 3.8) is 0 Å². The van der Waals surface area contributed by atoms with Gasteiger partial charge in [-0.2, -0.15) is 0 Å². The minimum absolute atomic E-state index is 0.129. The second-order valence-corrected chi connectivity index (χ2v) is 5.37. The third-order valence-corrected chi connectivity index (χ3v) is 3.43. The van der Waals surface area contributed by atoms with Crippen LogP contribution in [0.15, 0.2) is 18.3 Å². The van der Waals surface area contributed by atoms with Crippen LogP contribution in [0.25, 0.3) is 0 Å². The van der Waals surface area contributed by atoms with Crippen molar-refractivity contribution in [2.45, 2.75) is 26.3 Å². The van der Waals surface area contributed by atoms with Crippen molar-refractivity contribution >= 4 is 15.8 Å². The van der Waals surface area contributed by atoms with E-state index in [1.807, 2.05) is 6.92 Å². The lowest BCUT2D eigenvalue weighted by Gasteiger charge is -2.06. The Morgan fingerprint density at radius 3 is 2.69 bits per heavy atom. The van der Waals surface area contributed by atoms with Crippen LogP contribution in [0.5, 0.6) is 0 Å². The Balaban J connectivity index is 2.65. The summed E-state index contributed by atoms with van der Waals surface area (Å²) in [6.45, 7) is 2.35. The van der Waals surface area contributed by atoms with Crippen LogP contribution in [0.3, 0.4) is 0 Å². The zero-order valence-electron chi connectivity index (χ0n) is 9.31. The van der Waals surface area contributed by atoms with Crippen molar-refractivity contribution in [1.82, 2.24) is 4.98 Å². The topological polar surface area (TPSA) is 85.1 Å². The third kappa shape index (κ3) is 4.16. The molecular weight excluding hydrogens is 226 g/mol. The number of anilines is 1. The number of aromatic nitrogens is 1. The summed E-state index contributed by atoms with van der Waals surface area (Å²) in [5.74, 6) is 0.470. The molecule has 0 bridgehead atoms. The van der Waals surface area contributed by atoms with Gasteiger partial charge in [-0.15, -0.1) is 0 Å². The molecule has 0 unspecified atom stereocenters. The van der Waals surface area contributed by atoms with Crippen LogP contribution in [0.4, 0.5) is 5.82 Å². The van der Waals surface area contributed by atoms with Gasteiger partial charge >= 0.3 is 0 Å². The predicted molar refractivity (Wildman–Crippen MR) is 64.4 cm³/mol. The van der Waals surface area contributed by atoms with Gasteiger partial charge in [-0.05, 0) is 18.1 Å². The normalized spacial score (nSPS) is 11.4. The number of sulfonamides is 1. The van der Waals surface area contributed by atoms with Gasteiger partial charge in [0.25, 0.3) is 0 Å². The van der Waals surface area contributed by atoms with Gasteiger partial charge in [-0.25, -0.2) is 13.4 Å². The number of unbranched alkanes of at least 4 members (excludes halogenated alkanes) is 1. The molecule has 0 aliphatic carbocycles. The number of nitrogens with one attached hydrogen (secondary N) is 1. The molecule has 0 amide bonds. The summed E-state index contributed by atoms with van der Waals surface area (Å²) in [7, 11) is -3.26. The fourth-order valence-electron chi connectivity index (χ4n) is 1.15. The van der Waals surface area contributed by atoms with Crippen molar-refractivity contribution in [2.75, 3.05) is 10.5 Å². The van der Waals surface area contributed by atoms with Crippen molar-refractivity contribution in [3.8, 4) is 0 Å². The SMILES string of the molecule is CCCCS(=O)(=O)Nc1ccc(CN)cn1. The van der Waals surface area contributed by atoms with Crippen LogP contribution in [0, 0.1) is 0 Å². The standard InChI is InChI=1S/C10H17N3O2S/c1-2-3-6-16(14,15)13-10-5-4-9(7-11)8-12-10/h4-5,8H,2-3,6-7,11H2,1H3,(H,12,13). The molecule has 0 radical (unpaired) electrons. The molecule has 0 aliphatic heterocycles. The molecule has 0 atom stereocenters. The smallest absolute Gasteiger partial charge is 0.233 e. The summed E-state index contributed by atoms with van der Waals surface area (Å²) < 4.78 is 25.5. The zero-order chi connectivity index (χ0) is 12.0. The summed E-state index contributed by atoms with van der Waals surface area (Å²) >= 11 is 0. The molecule has 90 valence electrons. The molecular formula is C10H17N3O2S. The largest absolute Gasteiger partial charge is 0.326 e. The Morgan fingerprint density at radius 1 is 1.44 bits per heavy atom. The minimum Gasteiger partial charge on any atom is -0.326 e. The van der Waals surface area contributed by atoms with Crippen LogP contribution >= 0.6 is 0 Å². The Bertz CT molecular complexity index is 414. The zero-order valence-corrected chi connectivity index (χ0v) is 10.1. The first kappa shape index (κ1) is 12.9. The lowest BCUT2D eigenvalue weighted by atomic mass is 10.3. The molecule has 0 spiro atoms.